The van der Waals surface area contributed by atoms with Crippen LogP contribution in [-0.4, -0.2) is 24.1 Å². The van der Waals surface area contributed by atoms with Gasteiger partial charge in [-0.25, -0.2) is 4.98 Å². The largest absolute Gasteiger partial charge is 0.370 e. The zero-order valence-corrected chi connectivity index (χ0v) is 11.1. The molecule has 1 aliphatic rings. The van der Waals surface area contributed by atoms with Crippen molar-refractivity contribution in [3.63, 3.8) is 0 Å². The second-order valence-corrected chi connectivity index (χ2v) is 5.21. The maximum atomic E-state index is 4.33. The van der Waals surface area contributed by atoms with E-state index in [0.29, 0.717) is 5.92 Å². The Balaban J connectivity index is 2.13. The molecule has 1 aromatic rings. The van der Waals surface area contributed by atoms with Crippen LogP contribution in [0.2, 0.25) is 0 Å². The molecular formula is C14H23N3. The van der Waals surface area contributed by atoms with Gasteiger partial charge in [0.05, 0.1) is 0 Å². The van der Waals surface area contributed by atoms with Crippen molar-refractivity contribution >= 4 is 11.5 Å². The van der Waals surface area contributed by atoms with Crippen LogP contribution in [0.25, 0.3) is 0 Å². The van der Waals surface area contributed by atoms with Crippen LogP contribution in [0, 0.1) is 5.92 Å². The average Bonchev–Trinajstić information content (AvgIpc) is 3.10. The van der Waals surface area contributed by atoms with Crippen molar-refractivity contribution in [2.24, 2.45) is 5.92 Å². The van der Waals surface area contributed by atoms with Crippen LogP contribution < -0.4 is 10.2 Å². The highest BCUT2D eigenvalue weighted by Gasteiger charge is 2.29. The van der Waals surface area contributed by atoms with Crippen LogP contribution in [0.5, 0.6) is 0 Å². The molecule has 0 radical (unpaired) electrons. The predicted octanol–water partition coefficient (Wildman–Crippen LogP) is 3.14. The second-order valence-electron chi connectivity index (χ2n) is 5.21. The highest BCUT2D eigenvalue weighted by molar-refractivity contribution is 5.55. The highest BCUT2D eigenvalue weighted by Crippen LogP contribution is 2.32. The fourth-order valence-electron chi connectivity index (χ4n) is 2.12. The van der Waals surface area contributed by atoms with Gasteiger partial charge >= 0.3 is 0 Å². The van der Waals surface area contributed by atoms with Crippen LogP contribution >= 0.6 is 0 Å². The minimum absolute atomic E-state index is 0.700. The minimum atomic E-state index is 0.700. The van der Waals surface area contributed by atoms with Crippen LogP contribution in [0.15, 0.2) is 18.3 Å². The number of hydrogen-bond acceptors (Lipinski definition) is 3. The number of hydrogen-bond donors (Lipinski definition) is 1. The van der Waals surface area contributed by atoms with Gasteiger partial charge in [-0.1, -0.05) is 13.8 Å². The minimum Gasteiger partial charge on any atom is -0.370 e. The summed E-state index contributed by atoms with van der Waals surface area (Å²) in [6.45, 7) is 8.72. The third-order valence-electron chi connectivity index (χ3n) is 2.98. The molecule has 0 unspecified atom stereocenters. The van der Waals surface area contributed by atoms with Crippen LogP contribution in [0.4, 0.5) is 11.5 Å². The smallest absolute Gasteiger partial charge is 0.127 e. The van der Waals surface area contributed by atoms with Gasteiger partial charge in [0.2, 0.25) is 0 Å². The summed E-state index contributed by atoms with van der Waals surface area (Å²) in [5.41, 5.74) is 1.31. The maximum Gasteiger partial charge on any atom is 0.127 e. The van der Waals surface area contributed by atoms with E-state index in [-0.39, 0.29) is 0 Å². The third-order valence-corrected chi connectivity index (χ3v) is 2.98. The van der Waals surface area contributed by atoms with Gasteiger partial charge < -0.3 is 10.2 Å². The van der Waals surface area contributed by atoms with Gasteiger partial charge in [0.25, 0.3) is 0 Å². The zero-order chi connectivity index (χ0) is 12.3. The van der Waals surface area contributed by atoms with Crippen molar-refractivity contribution in [2.75, 3.05) is 23.3 Å². The maximum absolute atomic E-state index is 4.33. The van der Waals surface area contributed by atoms with Crippen molar-refractivity contribution < 1.29 is 0 Å². The van der Waals surface area contributed by atoms with Crippen LogP contribution in [-0.2, 0) is 0 Å². The third kappa shape index (κ3) is 3.35. The molecule has 1 fully saturated rings. The topological polar surface area (TPSA) is 28.2 Å². The lowest BCUT2D eigenvalue weighted by Gasteiger charge is -2.27. The summed E-state index contributed by atoms with van der Waals surface area (Å²) in [6.07, 6.45) is 4.58. The van der Waals surface area contributed by atoms with Gasteiger partial charge in [-0.2, -0.15) is 0 Å². The predicted molar refractivity (Wildman–Crippen MR) is 73.6 cm³/mol. The molecule has 17 heavy (non-hydrogen) atoms. The van der Waals surface area contributed by atoms with Crippen molar-refractivity contribution in [1.29, 1.82) is 0 Å². The van der Waals surface area contributed by atoms with Crippen LogP contribution in [0.1, 0.15) is 33.6 Å². The molecular weight excluding hydrogens is 210 g/mol. The first-order chi connectivity index (χ1) is 8.20. The molecule has 94 valence electrons. The fraction of sp³-hybridized carbons (Fsp3) is 0.643. The normalized spacial score (nSPS) is 15.1. The van der Waals surface area contributed by atoms with Crippen LogP contribution in [0.3, 0.4) is 0 Å². The molecule has 0 bridgehead atoms. The van der Waals surface area contributed by atoms with Crippen molar-refractivity contribution in [1.82, 2.24) is 4.98 Å². The van der Waals surface area contributed by atoms with Crippen molar-refractivity contribution in [3.05, 3.63) is 18.3 Å². The summed E-state index contributed by atoms with van der Waals surface area (Å²) >= 11 is 0. The Kier molecular flexibility index (Phi) is 3.87. The van der Waals surface area contributed by atoms with E-state index in [2.05, 4.69) is 48.1 Å². The Morgan fingerprint density at radius 3 is 2.82 bits per heavy atom. The van der Waals surface area contributed by atoms with Gasteiger partial charge in [-0.05, 0) is 31.7 Å². The quantitative estimate of drug-likeness (QED) is 0.818. The lowest BCUT2D eigenvalue weighted by atomic mass is 10.2. The molecule has 0 atom stereocenters. The lowest BCUT2D eigenvalue weighted by Crippen LogP contribution is -2.29. The molecule has 2 rings (SSSR count). The van der Waals surface area contributed by atoms with Crippen molar-refractivity contribution in [3.8, 4) is 0 Å². The molecule has 3 heteroatoms. The van der Waals surface area contributed by atoms with E-state index in [0.717, 1.165) is 24.9 Å². The molecule has 1 saturated carbocycles. The molecule has 0 amide bonds. The first-order valence-corrected chi connectivity index (χ1v) is 6.67. The zero-order valence-electron chi connectivity index (χ0n) is 11.1. The monoisotopic (exact) mass is 233 g/mol. The molecule has 1 aliphatic carbocycles. The van der Waals surface area contributed by atoms with Gasteiger partial charge in [0, 0.05) is 37.1 Å². The average molecular weight is 233 g/mol. The summed E-state index contributed by atoms with van der Waals surface area (Å²) in [5.74, 6) is 1.69. The van der Waals surface area contributed by atoms with E-state index in [1.165, 1.54) is 18.5 Å². The van der Waals surface area contributed by atoms with E-state index in [9.17, 15) is 0 Å². The summed E-state index contributed by atoms with van der Waals surface area (Å²) in [4.78, 5) is 6.87. The molecule has 3 nitrogen and oxygen atoms in total. The highest BCUT2D eigenvalue weighted by atomic mass is 15.2. The van der Waals surface area contributed by atoms with E-state index < -0.39 is 0 Å². The Hall–Kier alpha value is -1.25. The number of nitrogens with zero attached hydrogens (tertiary/aromatic N) is 2. The molecule has 0 aromatic carbocycles. The number of aromatic nitrogens is 1. The van der Waals surface area contributed by atoms with Gasteiger partial charge in [0.15, 0.2) is 0 Å². The SMILES string of the molecule is CCNc1cc(N(CC(C)C)C2CC2)ccn1. The Morgan fingerprint density at radius 2 is 2.24 bits per heavy atom. The first kappa shape index (κ1) is 12.2. The van der Waals surface area contributed by atoms with E-state index in [4.69, 9.17) is 0 Å². The second kappa shape index (κ2) is 5.39. The number of rotatable bonds is 6. The fourth-order valence-corrected chi connectivity index (χ4v) is 2.12. The Morgan fingerprint density at radius 1 is 1.47 bits per heavy atom. The Labute approximate surface area is 104 Å². The summed E-state index contributed by atoms with van der Waals surface area (Å²) in [7, 11) is 0. The lowest BCUT2D eigenvalue weighted by molar-refractivity contribution is 0.607. The number of pyridine rings is 1. The molecule has 0 aliphatic heterocycles. The molecule has 0 saturated heterocycles. The van der Waals surface area contributed by atoms with Gasteiger partial charge in [-0.3, -0.25) is 0 Å². The summed E-state index contributed by atoms with van der Waals surface area (Å²) in [6, 6.07) is 5.06. The summed E-state index contributed by atoms with van der Waals surface area (Å²) < 4.78 is 0. The molecule has 1 heterocycles. The molecule has 1 N–H and O–H groups in total. The van der Waals surface area contributed by atoms with Crippen molar-refractivity contribution in [2.45, 2.75) is 39.7 Å². The standard InChI is InChI=1S/C14H23N3/c1-4-15-14-9-13(7-8-16-14)17(10-11(2)3)12-5-6-12/h7-9,11-12H,4-6,10H2,1-3H3,(H,15,16). The number of nitrogens with one attached hydrogen (secondary N) is 1. The van der Waals surface area contributed by atoms with Gasteiger partial charge in [0.1, 0.15) is 5.82 Å². The summed E-state index contributed by atoms with van der Waals surface area (Å²) in [5, 5.41) is 3.28. The Bertz CT molecular complexity index is 358. The van der Waals surface area contributed by atoms with Gasteiger partial charge in [-0.15, -0.1) is 0 Å². The van der Waals surface area contributed by atoms with E-state index in [1.54, 1.807) is 0 Å². The van der Waals surface area contributed by atoms with E-state index >= 15 is 0 Å². The molecule has 1 aromatic heterocycles. The number of anilines is 2. The first-order valence-electron chi connectivity index (χ1n) is 6.67. The van der Waals surface area contributed by atoms with E-state index in [1.807, 2.05) is 6.20 Å². The molecule has 0 spiro atoms.